The summed E-state index contributed by atoms with van der Waals surface area (Å²) in [5.74, 6) is 0.0592. The Hall–Kier alpha value is -3.62. The second-order valence-corrected chi connectivity index (χ2v) is 6.68. The molecule has 0 spiro atoms. The third-order valence-electron chi connectivity index (χ3n) is 4.55. The molecule has 3 rings (SSSR count). The van der Waals surface area contributed by atoms with Crippen LogP contribution in [0.1, 0.15) is 35.7 Å². The Labute approximate surface area is 173 Å². The summed E-state index contributed by atoms with van der Waals surface area (Å²) in [7, 11) is 0. The minimum absolute atomic E-state index is 0.0539. The SMILES string of the molecule is CCCN(CCC(=O)c1cc2c(cc1[N+](=O)[O-])OCO2)C(=O)OCc1ccccc1. The van der Waals surface area contributed by atoms with Crippen LogP contribution in [0.4, 0.5) is 10.5 Å². The summed E-state index contributed by atoms with van der Waals surface area (Å²) in [5.41, 5.74) is 0.436. The van der Waals surface area contributed by atoms with Crippen molar-refractivity contribution >= 4 is 17.6 Å². The summed E-state index contributed by atoms with van der Waals surface area (Å²) >= 11 is 0. The third kappa shape index (κ3) is 5.05. The highest BCUT2D eigenvalue weighted by atomic mass is 16.7. The lowest BCUT2D eigenvalue weighted by Crippen LogP contribution is -2.34. The first-order valence-corrected chi connectivity index (χ1v) is 9.56. The van der Waals surface area contributed by atoms with Gasteiger partial charge in [0.15, 0.2) is 17.3 Å². The molecule has 2 aromatic rings. The Morgan fingerprint density at radius 3 is 2.50 bits per heavy atom. The van der Waals surface area contributed by atoms with Gasteiger partial charge in [0.25, 0.3) is 5.69 Å². The molecule has 0 bridgehead atoms. The van der Waals surface area contributed by atoms with Gasteiger partial charge >= 0.3 is 6.09 Å². The number of hydrogen-bond acceptors (Lipinski definition) is 7. The zero-order valence-electron chi connectivity index (χ0n) is 16.5. The smallest absolute Gasteiger partial charge is 0.410 e. The molecule has 1 aliphatic heterocycles. The summed E-state index contributed by atoms with van der Waals surface area (Å²) in [6.45, 7) is 2.47. The largest absolute Gasteiger partial charge is 0.454 e. The number of benzene rings is 2. The minimum Gasteiger partial charge on any atom is -0.454 e. The van der Waals surface area contributed by atoms with Gasteiger partial charge in [-0.25, -0.2) is 4.79 Å². The van der Waals surface area contributed by atoms with Gasteiger partial charge in [0.05, 0.1) is 16.6 Å². The maximum absolute atomic E-state index is 12.7. The first-order valence-electron chi connectivity index (χ1n) is 9.56. The predicted molar refractivity (Wildman–Crippen MR) is 107 cm³/mol. The van der Waals surface area contributed by atoms with Crippen LogP contribution in [0.3, 0.4) is 0 Å². The van der Waals surface area contributed by atoms with Gasteiger partial charge in [0, 0.05) is 25.6 Å². The van der Waals surface area contributed by atoms with E-state index in [1.54, 1.807) is 0 Å². The molecule has 0 saturated heterocycles. The van der Waals surface area contributed by atoms with Crippen molar-refractivity contribution in [3.8, 4) is 11.5 Å². The number of carbonyl (C=O) groups excluding carboxylic acids is 2. The molecule has 9 heteroatoms. The standard InChI is InChI=1S/C21H22N2O7/c1-2-9-22(21(25)28-13-15-6-4-3-5-7-15)10-8-18(24)16-11-19-20(30-14-29-19)12-17(16)23(26)27/h3-7,11-12H,2,8-10,13-14H2,1H3. The summed E-state index contributed by atoms with van der Waals surface area (Å²) < 4.78 is 15.7. The molecule has 0 atom stereocenters. The van der Waals surface area contributed by atoms with Crippen LogP contribution in [0.25, 0.3) is 0 Å². The number of nitro benzene ring substituents is 1. The normalized spacial score (nSPS) is 11.8. The van der Waals surface area contributed by atoms with Gasteiger partial charge in [0.1, 0.15) is 6.61 Å². The van der Waals surface area contributed by atoms with Gasteiger partial charge in [0.2, 0.25) is 6.79 Å². The summed E-state index contributed by atoms with van der Waals surface area (Å²) in [6, 6.07) is 11.8. The molecule has 1 heterocycles. The van der Waals surface area contributed by atoms with E-state index in [4.69, 9.17) is 14.2 Å². The number of rotatable bonds is 9. The van der Waals surface area contributed by atoms with Crippen LogP contribution in [-0.2, 0) is 11.3 Å². The van der Waals surface area contributed by atoms with Crippen LogP contribution in [-0.4, -0.2) is 41.6 Å². The lowest BCUT2D eigenvalue weighted by molar-refractivity contribution is -0.385. The van der Waals surface area contributed by atoms with Crippen molar-refractivity contribution in [2.75, 3.05) is 19.9 Å². The highest BCUT2D eigenvalue weighted by Crippen LogP contribution is 2.38. The van der Waals surface area contributed by atoms with E-state index in [-0.39, 0.29) is 49.1 Å². The number of ketones is 1. The number of nitrogens with zero attached hydrogens (tertiary/aromatic N) is 2. The maximum atomic E-state index is 12.7. The molecule has 0 saturated carbocycles. The van der Waals surface area contributed by atoms with E-state index in [1.807, 2.05) is 37.3 Å². The quantitative estimate of drug-likeness (QED) is 0.347. The number of hydrogen-bond donors (Lipinski definition) is 0. The van der Waals surface area contributed by atoms with Crippen molar-refractivity contribution in [2.45, 2.75) is 26.4 Å². The van der Waals surface area contributed by atoms with E-state index >= 15 is 0 Å². The van der Waals surface area contributed by atoms with Crippen molar-refractivity contribution in [3.05, 3.63) is 63.7 Å². The molecule has 0 unspecified atom stereocenters. The van der Waals surface area contributed by atoms with E-state index < -0.39 is 16.8 Å². The molecule has 0 aromatic heterocycles. The number of nitro groups is 1. The van der Waals surface area contributed by atoms with Crippen LogP contribution in [0, 0.1) is 10.1 Å². The zero-order chi connectivity index (χ0) is 21.5. The topological polar surface area (TPSA) is 108 Å². The van der Waals surface area contributed by atoms with E-state index in [1.165, 1.54) is 17.0 Å². The van der Waals surface area contributed by atoms with E-state index in [2.05, 4.69) is 0 Å². The Morgan fingerprint density at radius 2 is 1.83 bits per heavy atom. The first-order chi connectivity index (χ1) is 14.5. The molecular formula is C21H22N2O7. The van der Waals surface area contributed by atoms with Crippen LogP contribution in [0.15, 0.2) is 42.5 Å². The van der Waals surface area contributed by atoms with Crippen LogP contribution in [0.2, 0.25) is 0 Å². The maximum Gasteiger partial charge on any atom is 0.410 e. The summed E-state index contributed by atoms with van der Waals surface area (Å²) in [4.78, 5) is 37.3. The average molecular weight is 414 g/mol. The second kappa shape index (κ2) is 9.73. The van der Waals surface area contributed by atoms with Crippen molar-refractivity contribution in [3.63, 3.8) is 0 Å². The van der Waals surface area contributed by atoms with Gasteiger partial charge < -0.3 is 19.1 Å². The van der Waals surface area contributed by atoms with Gasteiger partial charge in [-0.1, -0.05) is 37.3 Å². The number of carbonyl (C=O) groups is 2. The molecule has 30 heavy (non-hydrogen) atoms. The van der Waals surface area contributed by atoms with Crippen molar-refractivity contribution < 1.29 is 28.7 Å². The molecule has 1 amide bonds. The molecule has 0 N–H and O–H groups in total. The predicted octanol–water partition coefficient (Wildman–Crippen LogP) is 3.95. The Morgan fingerprint density at radius 1 is 1.13 bits per heavy atom. The summed E-state index contributed by atoms with van der Waals surface area (Å²) in [6.07, 6.45) is 0.0633. The number of amides is 1. The fourth-order valence-electron chi connectivity index (χ4n) is 3.05. The van der Waals surface area contributed by atoms with Crippen LogP contribution < -0.4 is 9.47 Å². The summed E-state index contributed by atoms with van der Waals surface area (Å²) in [5, 5.41) is 11.4. The lowest BCUT2D eigenvalue weighted by atomic mass is 10.0. The number of Topliss-reactive ketones (excluding diaryl/α,β-unsaturated/α-hetero) is 1. The van der Waals surface area contributed by atoms with Crippen LogP contribution in [0.5, 0.6) is 11.5 Å². The third-order valence-corrected chi connectivity index (χ3v) is 4.55. The fourth-order valence-corrected chi connectivity index (χ4v) is 3.05. The Bertz CT molecular complexity index is 930. The van der Waals surface area contributed by atoms with Gasteiger partial charge in [-0.3, -0.25) is 14.9 Å². The van der Waals surface area contributed by atoms with Gasteiger partial charge in [-0.15, -0.1) is 0 Å². The first kappa shape index (κ1) is 21.1. The molecule has 1 aliphatic rings. The molecule has 0 radical (unpaired) electrons. The van der Waals surface area contributed by atoms with E-state index in [9.17, 15) is 19.7 Å². The van der Waals surface area contributed by atoms with Crippen molar-refractivity contribution in [1.29, 1.82) is 0 Å². The molecular weight excluding hydrogens is 392 g/mol. The van der Waals surface area contributed by atoms with Gasteiger partial charge in [-0.2, -0.15) is 0 Å². The number of ether oxygens (including phenoxy) is 3. The zero-order valence-corrected chi connectivity index (χ0v) is 16.5. The average Bonchev–Trinajstić information content (AvgIpc) is 3.22. The van der Waals surface area contributed by atoms with Crippen molar-refractivity contribution in [1.82, 2.24) is 4.90 Å². The van der Waals surface area contributed by atoms with E-state index in [0.29, 0.717) is 13.0 Å². The van der Waals surface area contributed by atoms with Crippen molar-refractivity contribution in [2.24, 2.45) is 0 Å². The fraction of sp³-hybridized carbons (Fsp3) is 0.333. The number of fused-ring (bicyclic) bond motifs is 1. The highest BCUT2D eigenvalue weighted by molar-refractivity contribution is 6.01. The van der Waals surface area contributed by atoms with Gasteiger partial charge in [-0.05, 0) is 12.0 Å². The highest BCUT2D eigenvalue weighted by Gasteiger charge is 2.27. The van der Waals surface area contributed by atoms with E-state index in [0.717, 1.165) is 5.56 Å². The molecule has 2 aromatic carbocycles. The lowest BCUT2D eigenvalue weighted by Gasteiger charge is -2.21. The molecule has 0 fully saturated rings. The molecule has 9 nitrogen and oxygen atoms in total. The second-order valence-electron chi connectivity index (χ2n) is 6.68. The Kier molecular flexibility index (Phi) is 6.84. The monoisotopic (exact) mass is 414 g/mol. The Balaban J connectivity index is 1.65. The molecule has 158 valence electrons. The minimum atomic E-state index is -0.632. The molecule has 0 aliphatic carbocycles. The van der Waals surface area contributed by atoms with Crippen LogP contribution >= 0.6 is 0 Å².